The van der Waals surface area contributed by atoms with Crippen LogP contribution in [-0.4, -0.2) is 10.7 Å². The molecular formula is C19H28O. The molecule has 0 saturated heterocycles. The maximum Gasteiger partial charge on any atom is 0.0658 e. The summed E-state index contributed by atoms with van der Waals surface area (Å²) in [5.41, 5.74) is 2.90. The van der Waals surface area contributed by atoms with E-state index >= 15 is 0 Å². The molecule has 1 saturated carbocycles. The van der Waals surface area contributed by atoms with Crippen LogP contribution in [0.4, 0.5) is 0 Å². The molecule has 1 aromatic rings. The van der Waals surface area contributed by atoms with E-state index in [9.17, 15) is 5.11 Å². The first-order chi connectivity index (χ1) is 9.48. The van der Waals surface area contributed by atoms with Crippen LogP contribution in [0.3, 0.4) is 0 Å². The van der Waals surface area contributed by atoms with Crippen molar-refractivity contribution in [1.29, 1.82) is 0 Å². The quantitative estimate of drug-likeness (QED) is 0.817. The number of fused-ring (bicyclic) bond motifs is 1. The van der Waals surface area contributed by atoms with Gasteiger partial charge in [0, 0.05) is 0 Å². The highest BCUT2D eigenvalue weighted by Gasteiger charge is 2.40. The number of rotatable bonds is 2. The molecule has 0 heterocycles. The topological polar surface area (TPSA) is 20.2 Å². The van der Waals surface area contributed by atoms with Crippen LogP contribution in [0.5, 0.6) is 0 Å². The van der Waals surface area contributed by atoms with Gasteiger partial charge in [-0.1, -0.05) is 44.5 Å². The third-order valence-electron chi connectivity index (χ3n) is 5.42. The van der Waals surface area contributed by atoms with E-state index < -0.39 is 5.60 Å². The van der Waals surface area contributed by atoms with Crippen LogP contribution in [0.25, 0.3) is 0 Å². The van der Waals surface area contributed by atoms with E-state index in [0.717, 1.165) is 19.3 Å². The van der Waals surface area contributed by atoms with Crippen molar-refractivity contribution >= 4 is 0 Å². The molecule has 1 N–H and O–H groups in total. The molecule has 0 amide bonds. The molecule has 2 unspecified atom stereocenters. The third kappa shape index (κ3) is 2.93. The predicted octanol–water partition coefficient (Wildman–Crippen LogP) is 4.83. The molecule has 2 aliphatic rings. The number of hydrogen-bond donors (Lipinski definition) is 1. The van der Waals surface area contributed by atoms with Crippen LogP contribution in [0, 0.1) is 5.41 Å². The van der Waals surface area contributed by atoms with Crippen molar-refractivity contribution in [2.45, 2.75) is 76.7 Å². The fourth-order valence-electron chi connectivity index (χ4n) is 4.66. The van der Waals surface area contributed by atoms with Gasteiger partial charge in [0.25, 0.3) is 0 Å². The predicted molar refractivity (Wildman–Crippen MR) is 83.9 cm³/mol. The summed E-state index contributed by atoms with van der Waals surface area (Å²) in [5, 5.41) is 11.1. The Bertz CT molecular complexity index is 476. The lowest BCUT2D eigenvalue weighted by molar-refractivity contribution is -0.0506. The zero-order chi connectivity index (χ0) is 14.2. The molecule has 0 spiro atoms. The monoisotopic (exact) mass is 272 g/mol. The van der Waals surface area contributed by atoms with E-state index in [-0.39, 0.29) is 0 Å². The summed E-state index contributed by atoms with van der Waals surface area (Å²) in [7, 11) is 0. The number of aryl methyl sites for hydroxylation is 1. The molecule has 0 aliphatic heterocycles. The van der Waals surface area contributed by atoms with Crippen molar-refractivity contribution in [1.82, 2.24) is 0 Å². The van der Waals surface area contributed by atoms with E-state index in [1.807, 2.05) is 0 Å². The van der Waals surface area contributed by atoms with Gasteiger partial charge in [0.1, 0.15) is 0 Å². The van der Waals surface area contributed by atoms with Gasteiger partial charge in [-0.05, 0) is 67.4 Å². The molecule has 2 aliphatic carbocycles. The molecule has 1 nitrogen and oxygen atoms in total. The van der Waals surface area contributed by atoms with Gasteiger partial charge in [-0.3, -0.25) is 0 Å². The average molecular weight is 272 g/mol. The minimum absolute atomic E-state index is 0.307. The van der Waals surface area contributed by atoms with Crippen LogP contribution in [0.2, 0.25) is 0 Å². The third-order valence-corrected chi connectivity index (χ3v) is 5.42. The molecule has 0 radical (unpaired) electrons. The van der Waals surface area contributed by atoms with E-state index in [1.54, 1.807) is 0 Å². The SMILES string of the molecule is CC1(C)CCCC(O)(CC2CCCc3ccccc32)C1. The molecule has 0 aromatic heterocycles. The fraction of sp³-hybridized carbons (Fsp3) is 0.684. The fourth-order valence-corrected chi connectivity index (χ4v) is 4.66. The van der Waals surface area contributed by atoms with E-state index in [2.05, 4.69) is 38.1 Å². The lowest BCUT2D eigenvalue weighted by atomic mass is 9.65. The highest BCUT2D eigenvalue weighted by Crippen LogP contribution is 2.47. The standard InChI is InChI=1S/C19H28O/c1-18(2)11-6-12-19(20,14-18)13-16-9-5-8-15-7-3-4-10-17(15)16/h3-4,7,10,16,20H,5-6,8-9,11-14H2,1-2H3. The zero-order valence-electron chi connectivity index (χ0n) is 13.0. The zero-order valence-corrected chi connectivity index (χ0v) is 13.0. The van der Waals surface area contributed by atoms with Crippen molar-refractivity contribution < 1.29 is 5.11 Å². The van der Waals surface area contributed by atoms with Gasteiger partial charge in [-0.2, -0.15) is 0 Å². The molecule has 1 fully saturated rings. The van der Waals surface area contributed by atoms with Crippen LogP contribution >= 0.6 is 0 Å². The molecule has 20 heavy (non-hydrogen) atoms. The first-order valence-corrected chi connectivity index (χ1v) is 8.28. The Morgan fingerprint density at radius 1 is 1.15 bits per heavy atom. The molecule has 3 rings (SSSR count). The Labute approximate surface area is 123 Å². The van der Waals surface area contributed by atoms with Crippen LogP contribution < -0.4 is 0 Å². The summed E-state index contributed by atoms with van der Waals surface area (Å²) in [4.78, 5) is 0. The molecule has 2 atom stereocenters. The second-order valence-corrected chi connectivity index (χ2v) is 7.91. The van der Waals surface area contributed by atoms with Crippen molar-refractivity contribution in [3.8, 4) is 0 Å². The normalized spacial score (nSPS) is 32.6. The van der Waals surface area contributed by atoms with Gasteiger partial charge in [0.15, 0.2) is 0 Å². The number of aliphatic hydroxyl groups is 1. The number of hydrogen-bond acceptors (Lipinski definition) is 1. The van der Waals surface area contributed by atoms with E-state index in [1.165, 1.54) is 43.2 Å². The Kier molecular flexibility index (Phi) is 3.66. The van der Waals surface area contributed by atoms with Crippen molar-refractivity contribution in [3.63, 3.8) is 0 Å². The second-order valence-electron chi connectivity index (χ2n) is 7.91. The van der Waals surface area contributed by atoms with Gasteiger partial charge in [-0.25, -0.2) is 0 Å². The maximum atomic E-state index is 11.1. The summed E-state index contributed by atoms with van der Waals surface area (Å²) in [6.45, 7) is 4.62. The molecular weight excluding hydrogens is 244 g/mol. The maximum absolute atomic E-state index is 11.1. The largest absolute Gasteiger partial charge is 0.390 e. The first-order valence-electron chi connectivity index (χ1n) is 8.28. The smallest absolute Gasteiger partial charge is 0.0658 e. The Hall–Kier alpha value is -0.820. The van der Waals surface area contributed by atoms with Gasteiger partial charge in [0.2, 0.25) is 0 Å². The van der Waals surface area contributed by atoms with Crippen LogP contribution in [0.1, 0.15) is 75.8 Å². The molecule has 110 valence electrons. The van der Waals surface area contributed by atoms with Crippen molar-refractivity contribution in [2.24, 2.45) is 5.41 Å². The molecule has 1 aromatic carbocycles. The second kappa shape index (κ2) is 5.18. The number of benzene rings is 1. The minimum Gasteiger partial charge on any atom is -0.390 e. The first kappa shape index (κ1) is 14.1. The van der Waals surface area contributed by atoms with E-state index in [4.69, 9.17) is 0 Å². The highest BCUT2D eigenvalue weighted by molar-refractivity contribution is 5.33. The van der Waals surface area contributed by atoms with Crippen molar-refractivity contribution in [2.75, 3.05) is 0 Å². The van der Waals surface area contributed by atoms with Gasteiger partial charge < -0.3 is 5.11 Å². The lowest BCUT2D eigenvalue weighted by Gasteiger charge is -2.44. The summed E-state index contributed by atoms with van der Waals surface area (Å²) in [5.74, 6) is 0.568. The Balaban J connectivity index is 1.78. The van der Waals surface area contributed by atoms with Gasteiger partial charge >= 0.3 is 0 Å². The van der Waals surface area contributed by atoms with Crippen LogP contribution in [-0.2, 0) is 6.42 Å². The van der Waals surface area contributed by atoms with Gasteiger partial charge in [0.05, 0.1) is 5.60 Å². The molecule has 1 heteroatoms. The summed E-state index contributed by atoms with van der Waals surface area (Å²) in [6.07, 6.45) is 9.12. The average Bonchev–Trinajstić information content (AvgIpc) is 2.37. The van der Waals surface area contributed by atoms with Crippen LogP contribution in [0.15, 0.2) is 24.3 Å². The summed E-state index contributed by atoms with van der Waals surface area (Å²) < 4.78 is 0. The Morgan fingerprint density at radius 2 is 1.95 bits per heavy atom. The minimum atomic E-state index is -0.434. The highest BCUT2D eigenvalue weighted by atomic mass is 16.3. The van der Waals surface area contributed by atoms with E-state index in [0.29, 0.717) is 11.3 Å². The lowest BCUT2D eigenvalue weighted by Crippen LogP contribution is -2.40. The summed E-state index contributed by atoms with van der Waals surface area (Å²) >= 11 is 0. The molecule has 0 bridgehead atoms. The Morgan fingerprint density at radius 3 is 2.75 bits per heavy atom. The summed E-state index contributed by atoms with van der Waals surface area (Å²) in [6, 6.07) is 8.87. The van der Waals surface area contributed by atoms with Gasteiger partial charge in [-0.15, -0.1) is 0 Å². The van der Waals surface area contributed by atoms with Crippen molar-refractivity contribution in [3.05, 3.63) is 35.4 Å².